The number of aromatic amines is 1. The maximum absolute atomic E-state index is 11.7. The van der Waals surface area contributed by atoms with Crippen LogP contribution in [0.25, 0.3) is 10.2 Å². The van der Waals surface area contributed by atoms with E-state index in [4.69, 9.17) is 0 Å². The molecule has 0 atom stereocenters. The van der Waals surface area contributed by atoms with E-state index in [0.29, 0.717) is 23.6 Å². The Labute approximate surface area is 108 Å². The Morgan fingerprint density at radius 2 is 2.39 bits per heavy atom. The van der Waals surface area contributed by atoms with Gasteiger partial charge in [0.15, 0.2) is 0 Å². The SMILES string of the molecule is O=c1[nH]c(CNCC2(O)CCC2)nc2ccsc12. The number of H-pyrrole nitrogens is 1. The van der Waals surface area contributed by atoms with Crippen LogP contribution in [0.1, 0.15) is 25.1 Å². The van der Waals surface area contributed by atoms with E-state index in [1.807, 2.05) is 11.4 Å². The first-order chi connectivity index (χ1) is 8.66. The first-order valence-electron chi connectivity index (χ1n) is 6.06. The van der Waals surface area contributed by atoms with E-state index in [9.17, 15) is 9.90 Å². The van der Waals surface area contributed by atoms with E-state index < -0.39 is 5.60 Å². The zero-order valence-electron chi connectivity index (χ0n) is 9.90. The third-order valence-electron chi connectivity index (χ3n) is 3.39. The molecule has 0 bridgehead atoms. The average Bonchev–Trinajstić information content (AvgIpc) is 2.75. The van der Waals surface area contributed by atoms with Gasteiger partial charge in [0, 0.05) is 6.54 Å². The van der Waals surface area contributed by atoms with Crippen molar-refractivity contribution in [3.05, 3.63) is 27.6 Å². The summed E-state index contributed by atoms with van der Waals surface area (Å²) in [5, 5.41) is 14.9. The molecular formula is C12H15N3O2S. The highest BCUT2D eigenvalue weighted by atomic mass is 32.1. The van der Waals surface area contributed by atoms with Crippen molar-refractivity contribution < 1.29 is 5.11 Å². The molecule has 18 heavy (non-hydrogen) atoms. The van der Waals surface area contributed by atoms with Crippen LogP contribution in [0.4, 0.5) is 0 Å². The normalized spacial score (nSPS) is 17.8. The summed E-state index contributed by atoms with van der Waals surface area (Å²) in [6.45, 7) is 1.03. The number of aliphatic hydroxyl groups is 1. The number of thiophene rings is 1. The Morgan fingerprint density at radius 1 is 1.56 bits per heavy atom. The molecule has 0 aliphatic heterocycles. The third kappa shape index (κ3) is 2.19. The van der Waals surface area contributed by atoms with Crippen molar-refractivity contribution in [2.45, 2.75) is 31.4 Å². The van der Waals surface area contributed by atoms with Crippen LogP contribution in [0.5, 0.6) is 0 Å². The van der Waals surface area contributed by atoms with Gasteiger partial charge in [0.1, 0.15) is 10.5 Å². The molecule has 1 fully saturated rings. The van der Waals surface area contributed by atoms with Gasteiger partial charge in [-0.1, -0.05) is 0 Å². The molecule has 0 spiro atoms. The Kier molecular flexibility index (Phi) is 2.93. The number of rotatable bonds is 4. The minimum absolute atomic E-state index is 0.0887. The average molecular weight is 265 g/mol. The van der Waals surface area contributed by atoms with Crippen molar-refractivity contribution in [2.24, 2.45) is 0 Å². The van der Waals surface area contributed by atoms with Crippen LogP contribution < -0.4 is 10.9 Å². The molecule has 0 aromatic carbocycles. The lowest BCUT2D eigenvalue weighted by Gasteiger charge is -2.36. The van der Waals surface area contributed by atoms with Gasteiger partial charge in [-0.25, -0.2) is 4.98 Å². The number of hydrogen-bond donors (Lipinski definition) is 3. The summed E-state index contributed by atoms with van der Waals surface area (Å²) in [4.78, 5) is 18.9. The molecule has 2 aromatic rings. The van der Waals surface area contributed by atoms with Gasteiger partial charge in [0.2, 0.25) is 0 Å². The molecule has 6 heteroatoms. The van der Waals surface area contributed by atoms with Gasteiger partial charge in [-0.15, -0.1) is 11.3 Å². The van der Waals surface area contributed by atoms with Crippen LogP contribution in [0.15, 0.2) is 16.2 Å². The molecule has 3 rings (SSSR count). The van der Waals surface area contributed by atoms with Gasteiger partial charge in [0.25, 0.3) is 5.56 Å². The molecule has 0 saturated heterocycles. The van der Waals surface area contributed by atoms with Gasteiger partial charge >= 0.3 is 0 Å². The molecule has 2 heterocycles. The van der Waals surface area contributed by atoms with Crippen LogP contribution in [0, 0.1) is 0 Å². The molecule has 5 nitrogen and oxygen atoms in total. The molecule has 3 N–H and O–H groups in total. The minimum Gasteiger partial charge on any atom is -0.389 e. The second-order valence-corrected chi connectivity index (χ2v) is 5.75. The van der Waals surface area contributed by atoms with Crippen LogP contribution >= 0.6 is 11.3 Å². The van der Waals surface area contributed by atoms with E-state index in [1.165, 1.54) is 11.3 Å². The Morgan fingerprint density at radius 3 is 3.11 bits per heavy atom. The van der Waals surface area contributed by atoms with Gasteiger partial charge in [0.05, 0.1) is 17.7 Å². The predicted molar refractivity (Wildman–Crippen MR) is 70.7 cm³/mol. The minimum atomic E-state index is -0.549. The van der Waals surface area contributed by atoms with Gasteiger partial charge in [-0.3, -0.25) is 4.79 Å². The van der Waals surface area contributed by atoms with Crippen LogP contribution in [0.2, 0.25) is 0 Å². The van der Waals surface area contributed by atoms with Crippen molar-refractivity contribution >= 4 is 21.6 Å². The maximum atomic E-state index is 11.7. The first-order valence-corrected chi connectivity index (χ1v) is 6.94. The summed E-state index contributed by atoms with van der Waals surface area (Å²) in [7, 11) is 0. The Balaban J connectivity index is 1.69. The molecular weight excluding hydrogens is 250 g/mol. The lowest BCUT2D eigenvalue weighted by atomic mass is 9.80. The smallest absolute Gasteiger partial charge is 0.268 e. The predicted octanol–water partition coefficient (Wildman–Crippen LogP) is 0.989. The van der Waals surface area contributed by atoms with Crippen LogP contribution in [-0.4, -0.2) is 27.2 Å². The summed E-state index contributed by atoms with van der Waals surface area (Å²) in [5.74, 6) is 0.619. The van der Waals surface area contributed by atoms with E-state index in [-0.39, 0.29) is 5.56 Å². The van der Waals surface area contributed by atoms with E-state index in [2.05, 4.69) is 15.3 Å². The molecule has 0 unspecified atom stereocenters. The van der Waals surface area contributed by atoms with Crippen molar-refractivity contribution in [1.29, 1.82) is 0 Å². The summed E-state index contributed by atoms with van der Waals surface area (Å²) in [5.41, 5.74) is 0.101. The van der Waals surface area contributed by atoms with Crippen LogP contribution in [0.3, 0.4) is 0 Å². The van der Waals surface area contributed by atoms with Crippen LogP contribution in [-0.2, 0) is 6.54 Å². The topological polar surface area (TPSA) is 78.0 Å². The zero-order chi connectivity index (χ0) is 12.6. The molecule has 0 radical (unpaired) electrons. The Bertz CT molecular complexity index is 615. The third-order valence-corrected chi connectivity index (χ3v) is 4.30. The number of nitrogens with one attached hydrogen (secondary N) is 2. The second-order valence-electron chi connectivity index (χ2n) is 4.83. The van der Waals surface area contributed by atoms with E-state index in [1.54, 1.807) is 0 Å². The second kappa shape index (κ2) is 4.46. The quantitative estimate of drug-likeness (QED) is 0.770. The Hall–Kier alpha value is -1.24. The highest BCUT2D eigenvalue weighted by molar-refractivity contribution is 7.17. The number of hydrogen-bond acceptors (Lipinski definition) is 5. The fourth-order valence-corrected chi connectivity index (χ4v) is 2.91. The lowest BCUT2D eigenvalue weighted by molar-refractivity contribution is -0.0315. The maximum Gasteiger partial charge on any atom is 0.268 e. The highest BCUT2D eigenvalue weighted by Gasteiger charge is 2.33. The van der Waals surface area contributed by atoms with Gasteiger partial charge in [-0.2, -0.15) is 0 Å². The zero-order valence-corrected chi connectivity index (χ0v) is 10.7. The van der Waals surface area contributed by atoms with Crippen molar-refractivity contribution in [3.8, 4) is 0 Å². The van der Waals surface area contributed by atoms with E-state index >= 15 is 0 Å². The van der Waals surface area contributed by atoms with Crippen molar-refractivity contribution in [2.75, 3.05) is 6.54 Å². The lowest BCUT2D eigenvalue weighted by Crippen LogP contribution is -2.46. The summed E-state index contributed by atoms with van der Waals surface area (Å²) in [6.07, 6.45) is 2.80. The monoisotopic (exact) mass is 265 g/mol. The molecule has 1 saturated carbocycles. The summed E-state index contributed by atoms with van der Waals surface area (Å²) < 4.78 is 0.663. The molecule has 96 valence electrons. The molecule has 1 aliphatic carbocycles. The standard InChI is InChI=1S/C12H15N3O2S/c16-11-10-8(2-5-18-10)14-9(15-11)6-13-7-12(17)3-1-4-12/h2,5,13,17H,1,3-4,6-7H2,(H,14,15,16). The number of nitrogens with zero attached hydrogens (tertiary/aromatic N) is 1. The molecule has 0 amide bonds. The van der Waals surface area contributed by atoms with E-state index in [0.717, 1.165) is 24.8 Å². The fourth-order valence-electron chi connectivity index (χ4n) is 2.18. The number of aromatic nitrogens is 2. The number of fused-ring (bicyclic) bond motifs is 1. The van der Waals surface area contributed by atoms with Gasteiger partial charge in [-0.05, 0) is 30.7 Å². The molecule has 2 aromatic heterocycles. The summed E-state index contributed by atoms with van der Waals surface area (Å²) >= 11 is 1.40. The molecule has 1 aliphatic rings. The summed E-state index contributed by atoms with van der Waals surface area (Å²) in [6, 6.07) is 1.85. The van der Waals surface area contributed by atoms with Crippen molar-refractivity contribution in [1.82, 2.24) is 15.3 Å². The fraction of sp³-hybridized carbons (Fsp3) is 0.500. The largest absolute Gasteiger partial charge is 0.389 e. The highest BCUT2D eigenvalue weighted by Crippen LogP contribution is 2.30. The van der Waals surface area contributed by atoms with Gasteiger partial charge < -0.3 is 15.4 Å². The first kappa shape index (κ1) is 11.8. The van der Waals surface area contributed by atoms with Crippen molar-refractivity contribution in [3.63, 3.8) is 0 Å².